The Morgan fingerprint density at radius 3 is 3.00 bits per heavy atom. The van der Waals surface area contributed by atoms with E-state index < -0.39 is 0 Å². The Morgan fingerprint density at radius 2 is 2.28 bits per heavy atom. The summed E-state index contributed by atoms with van der Waals surface area (Å²) in [5, 5.41) is 17.7. The van der Waals surface area contributed by atoms with Crippen LogP contribution >= 0.6 is 0 Å². The highest BCUT2D eigenvalue weighted by atomic mass is 19.1. The van der Waals surface area contributed by atoms with E-state index in [9.17, 15) is 4.39 Å². The summed E-state index contributed by atoms with van der Waals surface area (Å²) in [4.78, 5) is 2.25. The molecule has 0 spiro atoms. The lowest BCUT2D eigenvalue weighted by molar-refractivity contribution is 0.249. The van der Waals surface area contributed by atoms with Gasteiger partial charge in [-0.1, -0.05) is 0 Å². The molecule has 0 bridgehead atoms. The average molecular weight is 248 g/mol. The van der Waals surface area contributed by atoms with Crippen molar-refractivity contribution in [2.45, 2.75) is 19.4 Å². The van der Waals surface area contributed by atoms with Crippen molar-refractivity contribution in [3.05, 3.63) is 35.1 Å². The molecule has 1 unspecified atom stereocenters. The summed E-state index contributed by atoms with van der Waals surface area (Å²) in [7, 11) is 0. The number of rotatable bonds is 4. The van der Waals surface area contributed by atoms with Crippen molar-refractivity contribution in [1.82, 2.24) is 4.90 Å². The Bertz CT molecular complexity index is 456. The molecule has 4 heteroatoms. The van der Waals surface area contributed by atoms with Crippen LogP contribution in [0.15, 0.2) is 18.2 Å². The number of aliphatic hydroxyl groups excluding tert-OH is 1. The standard InChI is InChI=1S/C14H17FN2O/c15-14-6-12(8-16)5-13(7-14)10-17-3-1-11(9-17)2-4-18/h5-7,11,18H,1-4,9-10H2. The number of hydrogen-bond donors (Lipinski definition) is 1. The minimum absolute atomic E-state index is 0.233. The monoisotopic (exact) mass is 248 g/mol. The van der Waals surface area contributed by atoms with Gasteiger partial charge in [-0.3, -0.25) is 4.90 Å². The molecule has 1 aliphatic rings. The molecule has 0 saturated carbocycles. The van der Waals surface area contributed by atoms with E-state index in [1.165, 1.54) is 12.1 Å². The lowest BCUT2D eigenvalue weighted by atomic mass is 10.1. The fourth-order valence-electron chi connectivity index (χ4n) is 2.54. The van der Waals surface area contributed by atoms with E-state index >= 15 is 0 Å². The van der Waals surface area contributed by atoms with Gasteiger partial charge in [-0.2, -0.15) is 5.26 Å². The molecule has 96 valence electrons. The molecule has 0 aliphatic carbocycles. The molecule has 18 heavy (non-hydrogen) atoms. The van der Waals surface area contributed by atoms with Crippen molar-refractivity contribution in [2.24, 2.45) is 5.92 Å². The van der Waals surface area contributed by atoms with Gasteiger partial charge in [-0.25, -0.2) is 4.39 Å². The van der Waals surface area contributed by atoms with Gasteiger partial charge in [0.2, 0.25) is 0 Å². The van der Waals surface area contributed by atoms with Crippen LogP contribution in [0.5, 0.6) is 0 Å². The minimum atomic E-state index is -0.352. The number of benzene rings is 1. The Labute approximate surface area is 106 Å². The molecule has 0 radical (unpaired) electrons. The van der Waals surface area contributed by atoms with Crippen LogP contribution in [0.25, 0.3) is 0 Å². The lowest BCUT2D eigenvalue weighted by Crippen LogP contribution is -2.20. The Morgan fingerprint density at radius 1 is 1.44 bits per heavy atom. The van der Waals surface area contributed by atoms with E-state index in [0.717, 1.165) is 31.5 Å². The van der Waals surface area contributed by atoms with Crippen LogP contribution < -0.4 is 0 Å². The summed E-state index contributed by atoms with van der Waals surface area (Å²) in [6.45, 7) is 2.83. The van der Waals surface area contributed by atoms with E-state index in [4.69, 9.17) is 10.4 Å². The van der Waals surface area contributed by atoms with Crippen LogP contribution in [0.3, 0.4) is 0 Å². The number of nitrogens with zero attached hydrogens (tertiary/aromatic N) is 2. The quantitative estimate of drug-likeness (QED) is 0.885. The van der Waals surface area contributed by atoms with Crippen LogP contribution in [0.2, 0.25) is 0 Å². The zero-order chi connectivity index (χ0) is 13.0. The van der Waals surface area contributed by atoms with Gasteiger partial charge in [0.15, 0.2) is 0 Å². The molecule has 1 aliphatic heterocycles. The van der Waals surface area contributed by atoms with Gasteiger partial charge in [0, 0.05) is 19.7 Å². The summed E-state index contributed by atoms with van der Waals surface area (Å²) < 4.78 is 13.3. The first-order valence-corrected chi connectivity index (χ1v) is 6.24. The number of hydrogen-bond acceptors (Lipinski definition) is 3. The van der Waals surface area contributed by atoms with Crippen LogP contribution in [-0.4, -0.2) is 29.7 Å². The molecule has 1 saturated heterocycles. The van der Waals surface area contributed by atoms with Crippen LogP contribution in [0.4, 0.5) is 4.39 Å². The van der Waals surface area contributed by atoms with E-state index in [1.807, 2.05) is 6.07 Å². The maximum absolute atomic E-state index is 13.3. The van der Waals surface area contributed by atoms with Gasteiger partial charge in [-0.05, 0) is 49.1 Å². The normalized spacial score (nSPS) is 19.9. The first-order chi connectivity index (χ1) is 8.71. The second kappa shape index (κ2) is 5.94. The molecule has 1 atom stereocenters. The predicted octanol–water partition coefficient (Wildman–Crippen LogP) is 1.90. The third-order valence-corrected chi connectivity index (χ3v) is 3.40. The number of nitriles is 1. The zero-order valence-corrected chi connectivity index (χ0v) is 10.3. The Kier molecular flexibility index (Phi) is 4.29. The maximum Gasteiger partial charge on any atom is 0.124 e. The number of likely N-dealkylation sites (tertiary alicyclic amines) is 1. The third kappa shape index (κ3) is 3.28. The SMILES string of the molecule is N#Cc1cc(F)cc(CN2CCC(CCO)C2)c1. The maximum atomic E-state index is 13.3. The fraction of sp³-hybridized carbons (Fsp3) is 0.500. The molecule has 1 heterocycles. The first kappa shape index (κ1) is 13.0. The van der Waals surface area contributed by atoms with E-state index in [2.05, 4.69) is 4.90 Å². The van der Waals surface area contributed by atoms with Crippen molar-refractivity contribution in [2.75, 3.05) is 19.7 Å². The highest BCUT2D eigenvalue weighted by Crippen LogP contribution is 2.21. The fourth-order valence-corrected chi connectivity index (χ4v) is 2.54. The molecule has 0 amide bonds. The molecule has 1 aromatic carbocycles. The van der Waals surface area contributed by atoms with Crippen molar-refractivity contribution < 1.29 is 9.50 Å². The van der Waals surface area contributed by atoms with Crippen molar-refractivity contribution in [3.8, 4) is 6.07 Å². The first-order valence-electron chi connectivity index (χ1n) is 6.24. The van der Waals surface area contributed by atoms with E-state index in [0.29, 0.717) is 18.0 Å². The number of aliphatic hydroxyl groups is 1. The van der Waals surface area contributed by atoms with Crippen molar-refractivity contribution >= 4 is 0 Å². The smallest absolute Gasteiger partial charge is 0.124 e. The molecule has 3 nitrogen and oxygen atoms in total. The summed E-state index contributed by atoms with van der Waals surface area (Å²) >= 11 is 0. The second-order valence-electron chi connectivity index (χ2n) is 4.86. The third-order valence-electron chi connectivity index (χ3n) is 3.40. The van der Waals surface area contributed by atoms with Gasteiger partial charge in [0.1, 0.15) is 5.82 Å². The molecule has 1 aromatic rings. The van der Waals surface area contributed by atoms with Crippen molar-refractivity contribution in [3.63, 3.8) is 0 Å². The molecule has 0 aromatic heterocycles. The van der Waals surface area contributed by atoms with Crippen molar-refractivity contribution in [1.29, 1.82) is 5.26 Å². The summed E-state index contributed by atoms with van der Waals surface area (Å²) in [5.41, 5.74) is 1.22. The molecule has 1 N–H and O–H groups in total. The van der Waals surface area contributed by atoms with Crippen LogP contribution in [-0.2, 0) is 6.54 Å². The molecular weight excluding hydrogens is 231 g/mol. The van der Waals surface area contributed by atoms with Crippen LogP contribution in [0, 0.1) is 23.1 Å². The molecule has 1 fully saturated rings. The summed E-state index contributed by atoms with van der Waals surface area (Å²) in [5.74, 6) is 0.189. The zero-order valence-electron chi connectivity index (χ0n) is 10.3. The van der Waals surface area contributed by atoms with Gasteiger partial charge >= 0.3 is 0 Å². The molecule has 2 rings (SSSR count). The van der Waals surface area contributed by atoms with Crippen LogP contribution in [0.1, 0.15) is 24.0 Å². The van der Waals surface area contributed by atoms with E-state index in [-0.39, 0.29) is 12.4 Å². The molecular formula is C14H17FN2O. The second-order valence-corrected chi connectivity index (χ2v) is 4.86. The van der Waals surface area contributed by atoms with Gasteiger partial charge < -0.3 is 5.11 Å². The Hall–Kier alpha value is -1.44. The topological polar surface area (TPSA) is 47.3 Å². The van der Waals surface area contributed by atoms with E-state index in [1.54, 1.807) is 6.07 Å². The largest absolute Gasteiger partial charge is 0.396 e. The summed E-state index contributed by atoms with van der Waals surface area (Å²) in [6.07, 6.45) is 1.92. The van der Waals surface area contributed by atoms with Gasteiger partial charge in [-0.15, -0.1) is 0 Å². The highest BCUT2D eigenvalue weighted by molar-refractivity contribution is 5.33. The summed E-state index contributed by atoms with van der Waals surface area (Å²) in [6, 6.07) is 6.45. The minimum Gasteiger partial charge on any atom is -0.396 e. The Balaban J connectivity index is 1.98. The average Bonchev–Trinajstić information content (AvgIpc) is 2.76. The number of halogens is 1. The highest BCUT2D eigenvalue weighted by Gasteiger charge is 2.21. The predicted molar refractivity (Wildman–Crippen MR) is 66.2 cm³/mol. The van der Waals surface area contributed by atoms with Gasteiger partial charge in [0.05, 0.1) is 11.6 Å². The van der Waals surface area contributed by atoms with Gasteiger partial charge in [0.25, 0.3) is 0 Å². The lowest BCUT2D eigenvalue weighted by Gasteiger charge is -2.16.